The Kier molecular flexibility index (Phi) is 3.43. The molecule has 128 valence electrons. The number of rotatable bonds is 2. The Morgan fingerprint density at radius 1 is 1.21 bits per heavy atom. The lowest BCUT2D eigenvalue weighted by Crippen LogP contribution is -2.51. The van der Waals surface area contributed by atoms with Crippen molar-refractivity contribution in [1.82, 2.24) is 4.31 Å². The van der Waals surface area contributed by atoms with E-state index >= 15 is 0 Å². The molecule has 3 aliphatic rings. The van der Waals surface area contributed by atoms with Gasteiger partial charge in [0.05, 0.1) is 22.7 Å². The molecular weight excluding hydrogens is 330 g/mol. The van der Waals surface area contributed by atoms with E-state index in [9.17, 15) is 18.0 Å². The van der Waals surface area contributed by atoms with Crippen LogP contribution >= 0.6 is 0 Å². The fourth-order valence-electron chi connectivity index (χ4n) is 3.60. The first-order valence-corrected chi connectivity index (χ1v) is 9.56. The fraction of sp³-hybridized carbons (Fsp3) is 0.500. The van der Waals surface area contributed by atoms with Crippen molar-refractivity contribution in [2.75, 3.05) is 29.9 Å². The number of hydrogen-bond donors (Lipinski definition) is 1. The third kappa shape index (κ3) is 2.32. The Morgan fingerprint density at radius 3 is 2.71 bits per heavy atom. The van der Waals surface area contributed by atoms with Gasteiger partial charge in [0, 0.05) is 6.54 Å². The molecule has 1 spiro atoms. The van der Waals surface area contributed by atoms with Gasteiger partial charge in [-0.2, -0.15) is 4.31 Å². The topological polar surface area (TPSA) is 86.8 Å². The summed E-state index contributed by atoms with van der Waals surface area (Å²) in [6.07, 6.45) is 2.85. The number of carbonyl (C=O) groups excluding carboxylic acids is 2. The van der Waals surface area contributed by atoms with E-state index in [0.29, 0.717) is 37.2 Å². The zero-order valence-electron chi connectivity index (χ0n) is 13.2. The second-order valence-electron chi connectivity index (χ2n) is 6.67. The van der Waals surface area contributed by atoms with E-state index in [1.54, 1.807) is 24.3 Å². The molecule has 1 aromatic rings. The molecule has 1 N–H and O–H groups in total. The molecule has 1 aliphatic carbocycles. The summed E-state index contributed by atoms with van der Waals surface area (Å²) < 4.78 is 26.1. The predicted molar refractivity (Wildman–Crippen MR) is 89.1 cm³/mol. The number of sulfonamides is 1. The zero-order valence-corrected chi connectivity index (χ0v) is 14.0. The molecule has 0 radical (unpaired) electrons. The summed E-state index contributed by atoms with van der Waals surface area (Å²) in [6.45, 7) is 0.0814. The second-order valence-corrected chi connectivity index (χ2v) is 9.00. The van der Waals surface area contributed by atoms with Gasteiger partial charge < -0.3 is 5.32 Å². The molecule has 2 fully saturated rings. The predicted octanol–water partition coefficient (Wildman–Crippen LogP) is 0.930. The van der Waals surface area contributed by atoms with Crippen molar-refractivity contribution < 1.29 is 18.0 Å². The van der Waals surface area contributed by atoms with E-state index < -0.39 is 14.8 Å². The number of amides is 2. The first kappa shape index (κ1) is 15.6. The molecule has 2 amide bonds. The monoisotopic (exact) mass is 349 g/mol. The average molecular weight is 349 g/mol. The standard InChI is InChI=1S/C16H19N3O4S/c20-14-10-19(13-5-2-1-4-12(13)17-14)15(21)11-18-9-3-6-16(7-8-16)24(18,22)23/h1-2,4-5H,3,6-11H2,(H,17,20). The van der Waals surface area contributed by atoms with Crippen molar-refractivity contribution in [3.8, 4) is 0 Å². The minimum Gasteiger partial charge on any atom is -0.323 e. The van der Waals surface area contributed by atoms with Crippen molar-refractivity contribution in [3.63, 3.8) is 0 Å². The maximum absolute atomic E-state index is 12.7. The first-order chi connectivity index (χ1) is 11.4. The first-order valence-electron chi connectivity index (χ1n) is 8.12. The summed E-state index contributed by atoms with van der Waals surface area (Å²) in [4.78, 5) is 25.9. The van der Waals surface area contributed by atoms with Crippen LogP contribution in [0.15, 0.2) is 24.3 Å². The number of hydrogen-bond acceptors (Lipinski definition) is 4. The lowest BCUT2D eigenvalue weighted by molar-refractivity contribution is -0.122. The quantitative estimate of drug-likeness (QED) is 0.860. The van der Waals surface area contributed by atoms with E-state index in [1.165, 1.54) is 9.21 Å². The van der Waals surface area contributed by atoms with Gasteiger partial charge in [0.25, 0.3) is 0 Å². The maximum atomic E-state index is 12.7. The van der Waals surface area contributed by atoms with Gasteiger partial charge in [-0.05, 0) is 37.8 Å². The maximum Gasteiger partial charge on any atom is 0.244 e. The lowest BCUT2D eigenvalue weighted by atomic mass is 10.2. The van der Waals surface area contributed by atoms with Crippen molar-refractivity contribution in [2.24, 2.45) is 0 Å². The van der Waals surface area contributed by atoms with Crippen LogP contribution in [0.1, 0.15) is 25.7 Å². The van der Waals surface area contributed by atoms with Crippen LogP contribution in [0.2, 0.25) is 0 Å². The molecule has 0 bridgehead atoms. The van der Waals surface area contributed by atoms with Gasteiger partial charge in [-0.1, -0.05) is 12.1 Å². The van der Waals surface area contributed by atoms with E-state index in [0.717, 1.165) is 6.42 Å². The number of anilines is 2. The number of para-hydroxylation sites is 2. The van der Waals surface area contributed by atoms with Gasteiger partial charge in [-0.25, -0.2) is 8.42 Å². The Hall–Kier alpha value is -1.93. The van der Waals surface area contributed by atoms with Gasteiger partial charge >= 0.3 is 0 Å². The molecular formula is C16H19N3O4S. The third-order valence-corrected chi connectivity index (χ3v) is 7.82. The number of nitrogens with one attached hydrogen (secondary N) is 1. The van der Waals surface area contributed by atoms with Gasteiger partial charge in [0.2, 0.25) is 21.8 Å². The molecule has 8 heteroatoms. The van der Waals surface area contributed by atoms with Gasteiger partial charge in [0.15, 0.2) is 0 Å². The van der Waals surface area contributed by atoms with Crippen LogP contribution in [-0.2, 0) is 19.6 Å². The Morgan fingerprint density at radius 2 is 1.96 bits per heavy atom. The van der Waals surface area contributed by atoms with Crippen LogP contribution in [0.3, 0.4) is 0 Å². The highest BCUT2D eigenvalue weighted by atomic mass is 32.2. The minimum absolute atomic E-state index is 0.0884. The van der Waals surface area contributed by atoms with Crippen molar-refractivity contribution in [3.05, 3.63) is 24.3 Å². The zero-order chi connectivity index (χ0) is 16.9. The number of carbonyl (C=O) groups is 2. The third-order valence-electron chi connectivity index (χ3n) is 5.12. The molecule has 1 aromatic carbocycles. The largest absolute Gasteiger partial charge is 0.323 e. The second kappa shape index (κ2) is 5.29. The average Bonchev–Trinajstić information content (AvgIpc) is 3.33. The molecule has 2 heterocycles. The van der Waals surface area contributed by atoms with Crippen molar-refractivity contribution in [1.29, 1.82) is 0 Å². The highest BCUT2D eigenvalue weighted by molar-refractivity contribution is 7.90. The van der Waals surface area contributed by atoms with Gasteiger partial charge in [-0.3, -0.25) is 14.5 Å². The molecule has 0 aromatic heterocycles. The number of nitrogens with zero attached hydrogens (tertiary/aromatic N) is 2. The minimum atomic E-state index is -3.43. The summed E-state index contributed by atoms with van der Waals surface area (Å²) in [5, 5.41) is 2.72. The molecule has 0 atom stereocenters. The molecule has 4 rings (SSSR count). The van der Waals surface area contributed by atoms with Crippen molar-refractivity contribution in [2.45, 2.75) is 30.4 Å². The lowest BCUT2D eigenvalue weighted by Gasteiger charge is -2.35. The SMILES string of the molecule is O=C1CN(C(=O)CN2CCCC3(CC3)S2(=O)=O)c2ccccc2N1. The van der Waals surface area contributed by atoms with Crippen LogP contribution in [0.4, 0.5) is 11.4 Å². The van der Waals surface area contributed by atoms with Crippen molar-refractivity contribution >= 4 is 33.2 Å². The van der Waals surface area contributed by atoms with Crippen LogP contribution in [0.5, 0.6) is 0 Å². The molecule has 1 saturated carbocycles. The summed E-state index contributed by atoms with van der Waals surface area (Å²) in [7, 11) is -3.43. The normalized spacial score (nSPS) is 24.3. The Balaban J connectivity index is 1.58. The van der Waals surface area contributed by atoms with E-state index in [-0.39, 0.29) is 24.9 Å². The summed E-state index contributed by atoms with van der Waals surface area (Å²) >= 11 is 0. The fourth-order valence-corrected chi connectivity index (χ4v) is 5.82. The van der Waals surface area contributed by atoms with E-state index in [2.05, 4.69) is 5.32 Å². The number of fused-ring (bicyclic) bond motifs is 1. The van der Waals surface area contributed by atoms with Crippen LogP contribution in [0.25, 0.3) is 0 Å². The summed E-state index contributed by atoms with van der Waals surface area (Å²) in [5.74, 6) is -0.638. The highest BCUT2D eigenvalue weighted by Gasteiger charge is 2.58. The molecule has 2 aliphatic heterocycles. The molecule has 7 nitrogen and oxygen atoms in total. The molecule has 1 saturated heterocycles. The molecule has 24 heavy (non-hydrogen) atoms. The molecule has 0 unspecified atom stereocenters. The Labute approximate surface area is 140 Å². The summed E-state index contributed by atoms with van der Waals surface area (Å²) in [5.41, 5.74) is 1.18. The van der Waals surface area contributed by atoms with E-state index in [4.69, 9.17) is 0 Å². The van der Waals surface area contributed by atoms with Gasteiger partial charge in [-0.15, -0.1) is 0 Å². The summed E-state index contributed by atoms with van der Waals surface area (Å²) in [6, 6.07) is 7.04. The van der Waals surface area contributed by atoms with Crippen LogP contribution in [0, 0.1) is 0 Å². The number of benzene rings is 1. The van der Waals surface area contributed by atoms with Crippen LogP contribution < -0.4 is 10.2 Å². The Bertz CT molecular complexity index is 816. The highest BCUT2D eigenvalue weighted by Crippen LogP contribution is 2.51. The van der Waals surface area contributed by atoms with E-state index in [1.807, 2.05) is 0 Å². The van der Waals surface area contributed by atoms with Gasteiger partial charge in [0.1, 0.15) is 6.54 Å². The van der Waals surface area contributed by atoms with Crippen LogP contribution in [-0.4, -0.2) is 48.9 Å². The smallest absolute Gasteiger partial charge is 0.244 e.